The van der Waals surface area contributed by atoms with E-state index in [9.17, 15) is 18.0 Å². The second-order valence-electron chi connectivity index (χ2n) is 2.52. The fraction of sp³-hybridized carbons (Fsp3) is 0.286. The van der Waals surface area contributed by atoms with E-state index in [-0.39, 0.29) is 5.56 Å². The van der Waals surface area contributed by atoms with E-state index in [0.29, 0.717) is 0 Å². The summed E-state index contributed by atoms with van der Waals surface area (Å²) in [6.45, 7) is 0. The Morgan fingerprint density at radius 3 is 2.46 bits per heavy atom. The first kappa shape index (κ1) is 9.63. The lowest BCUT2D eigenvalue weighted by atomic mass is 10.0. The molecule has 0 saturated carbocycles. The van der Waals surface area contributed by atoms with Crippen molar-refractivity contribution in [2.75, 3.05) is 0 Å². The monoisotopic (exact) mass is 192 g/mol. The number of H-pyrrole nitrogens is 1. The first-order valence-electron chi connectivity index (χ1n) is 3.41. The minimum atomic E-state index is -4.63. The summed E-state index contributed by atoms with van der Waals surface area (Å²) in [7, 11) is 0. The molecule has 1 aromatic heterocycles. The number of amides is 1. The standard InChI is InChI=1S/C7H7F3N2O/c8-7(9,10)5(6(11)13)4-1-2-12-3-4/h1-3,5,12H,(H2,11,13). The Labute approximate surface area is 71.7 Å². The third-order valence-electron chi connectivity index (χ3n) is 1.57. The van der Waals surface area contributed by atoms with Crippen LogP contribution in [0.5, 0.6) is 0 Å². The predicted molar refractivity (Wildman–Crippen MR) is 38.8 cm³/mol. The van der Waals surface area contributed by atoms with Crippen molar-refractivity contribution in [1.82, 2.24) is 4.98 Å². The van der Waals surface area contributed by atoms with E-state index >= 15 is 0 Å². The van der Waals surface area contributed by atoms with Crippen LogP contribution in [0.1, 0.15) is 11.5 Å². The van der Waals surface area contributed by atoms with Crippen LogP contribution in [0.3, 0.4) is 0 Å². The van der Waals surface area contributed by atoms with Gasteiger partial charge < -0.3 is 10.7 Å². The molecule has 1 aromatic rings. The second kappa shape index (κ2) is 3.12. The number of aromatic nitrogens is 1. The summed E-state index contributed by atoms with van der Waals surface area (Å²) in [5.41, 5.74) is 4.47. The van der Waals surface area contributed by atoms with E-state index in [0.717, 1.165) is 6.20 Å². The van der Waals surface area contributed by atoms with Crippen LogP contribution in [0, 0.1) is 0 Å². The molecule has 1 heterocycles. The molecule has 72 valence electrons. The molecule has 0 aliphatic heterocycles. The van der Waals surface area contributed by atoms with Crippen LogP contribution in [0.4, 0.5) is 13.2 Å². The molecule has 0 spiro atoms. The van der Waals surface area contributed by atoms with E-state index in [4.69, 9.17) is 0 Å². The predicted octanol–water partition coefficient (Wildman–Crippen LogP) is 1.15. The third-order valence-corrected chi connectivity index (χ3v) is 1.57. The second-order valence-corrected chi connectivity index (χ2v) is 2.52. The minimum Gasteiger partial charge on any atom is -0.369 e. The summed E-state index contributed by atoms with van der Waals surface area (Å²) in [5.74, 6) is -3.62. The Morgan fingerprint density at radius 1 is 1.54 bits per heavy atom. The molecule has 0 radical (unpaired) electrons. The number of hydrogen-bond donors (Lipinski definition) is 2. The highest BCUT2D eigenvalue weighted by Gasteiger charge is 2.45. The number of hydrogen-bond acceptors (Lipinski definition) is 1. The van der Waals surface area contributed by atoms with Crippen LogP contribution >= 0.6 is 0 Å². The van der Waals surface area contributed by atoms with Gasteiger partial charge in [-0.3, -0.25) is 4.79 Å². The number of carbonyl (C=O) groups excluding carboxylic acids is 1. The average Bonchev–Trinajstić information content (AvgIpc) is 2.34. The van der Waals surface area contributed by atoms with Crippen LogP contribution < -0.4 is 5.73 Å². The van der Waals surface area contributed by atoms with Gasteiger partial charge in [-0.05, 0) is 11.6 Å². The van der Waals surface area contributed by atoms with Gasteiger partial charge >= 0.3 is 6.18 Å². The van der Waals surface area contributed by atoms with Crippen molar-refractivity contribution in [2.24, 2.45) is 5.73 Å². The summed E-state index contributed by atoms with van der Waals surface area (Å²) in [6, 6.07) is 1.17. The number of nitrogens with two attached hydrogens (primary N) is 1. The first-order valence-corrected chi connectivity index (χ1v) is 3.41. The zero-order valence-electron chi connectivity index (χ0n) is 6.43. The molecule has 0 aliphatic rings. The third kappa shape index (κ3) is 2.01. The minimum absolute atomic E-state index is 0.167. The van der Waals surface area contributed by atoms with Crippen molar-refractivity contribution in [3.63, 3.8) is 0 Å². The number of alkyl halides is 3. The highest BCUT2D eigenvalue weighted by atomic mass is 19.4. The van der Waals surface area contributed by atoms with Gasteiger partial charge in [0.2, 0.25) is 5.91 Å². The van der Waals surface area contributed by atoms with Gasteiger partial charge in [0.1, 0.15) is 0 Å². The Balaban J connectivity index is 3.01. The molecule has 0 aromatic carbocycles. The van der Waals surface area contributed by atoms with Gasteiger partial charge in [-0.1, -0.05) is 0 Å². The summed E-state index contributed by atoms with van der Waals surface area (Å²) in [4.78, 5) is 13.0. The molecule has 0 saturated heterocycles. The largest absolute Gasteiger partial charge is 0.404 e. The fourth-order valence-corrected chi connectivity index (χ4v) is 1.03. The van der Waals surface area contributed by atoms with Gasteiger partial charge in [0.15, 0.2) is 5.92 Å². The van der Waals surface area contributed by atoms with Crippen LogP contribution in [-0.2, 0) is 4.79 Å². The van der Waals surface area contributed by atoms with Crippen molar-refractivity contribution >= 4 is 5.91 Å². The lowest BCUT2D eigenvalue weighted by molar-refractivity contribution is -0.162. The van der Waals surface area contributed by atoms with Gasteiger partial charge in [0.25, 0.3) is 0 Å². The van der Waals surface area contributed by atoms with Crippen LogP contribution in [0.2, 0.25) is 0 Å². The summed E-state index contributed by atoms with van der Waals surface area (Å²) in [6.07, 6.45) is -2.23. The lowest BCUT2D eigenvalue weighted by Gasteiger charge is -2.15. The molecule has 3 N–H and O–H groups in total. The molecule has 0 fully saturated rings. The Kier molecular flexibility index (Phi) is 2.31. The molecule has 6 heteroatoms. The Morgan fingerprint density at radius 2 is 2.15 bits per heavy atom. The number of aromatic amines is 1. The smallest absolute Gasteiger partial charge is 0.369 e. The van der Waals surface area contributed by atoms with Gasteiger partial charge in [-0.15, -0.1) is 0 Å². The first-order chi connectivity index (χ1) is 5.93. The van der Waals surface area contributed by atoms with Crippen LogP contribution in [-0.4, -0.2) is 17.1 Å². The van der Waals surface area contributed by atoms with Gasteiger partial charge in [-0.2, -0.15) is 13.2 Å². The quantitative estimate of drug-likeness (QED) is 0.725. The molecule has 1 rings (SSSR count). The Hall–Kier alpha value is -1.46. The molecule has 3 nitrogen and oxygen atoms in total. The van der Waals surface area contributed by atoms with Crippen molar-refractivity contribution in [3.8, 4) is 0 Å². The normalized spacial score (nSPS) is 14.1. The molecule has 1 unspecified atom stereocenters. The van der Waals surface area contributed by atoms with Gasteiger partial charge in [-0.25, -0.2) is 0 Å². The molecule has 0 aliphatic carbocycles. The zero-order chi connectivity index (χ0) is 10.1. The van der Waals surface area contributed by atoms with E-state index in [1.807, 2.05) is 0 Å². The summed E-state index contributed by atoms with van der Waals surface area (Å²) in [5, 5.41) is 0. The SMILES string of the molecule is NC(=O)C(c1cc[nH]c1)C(F)(F)F. The molecule has 1 amide bonds. The summed E-state index contributed by atoms with van der Waals surface area (Å²) < 4.78 is 36.7. The van der Waals surface area contributed by atoms with Gasteiger partial charge in [0.05, 0.1) is 0 Å². The van der Waals surface area contributed by atoms with E-state index in [2.05, 4.69) is 10.7 Å². The molecule has 0 bridgehead atoms. The van der Waals surface area contributed by atoms with E-state index in [1.54, 1.807) is 0 Å². The number of rotatable bonds is 2. The van der Waals surface area contributed by atoms with Crippen LogP contribution in [0.15, 0.2) is 18.5 Å². The highest BCUT2D eigenvalue weighted by molar-refractivity contribution is 5.82. The maximum atomic E-state index is 12.2. The number of primary amides is 1. The average molecular weight is 192 g/mol. The Bertz CT molecular complexity index is 291. The van der Waals surface area contributed by atoms with Crippen molar-refractivity contribution in [1.29, 1.82) is 0 Å². The maximum Gasteiger partial charge on any atom is 0.404 e. The lowest BCUT2D eigenvalue weighted by Crippen LogP contribution is -2.33. The highest BCUT2D eigenvalue weighted by Crippen LogP contribution is 2.34. The number of nitrogens with one attached hydrogen (secondary N) is 1. The van der Waals surface area contributed by atoms with Crippen LogP contribution in [0.25, 0.3) is 0 Å². The van der Waals surface area contributed by atoms with Crippen molar-refractivity contribution < 1.29 is 18.0 Å². The maximum absolute atomic E-state index is 12.2. The fourth-order valence-electron chi connectivity index (χ4n) is 1.03. The van der Waals surface area contributed by atoms with Gasteiger partial charge in [0, 0.05) is 12.4 Å². The zero-order valence-corrected chi connectivity index (χ0v) is 6.43. The van der Waals surface area contributed by atoms with Crippen molar-refractivity contribution in [2.45, 2.75) is 12.1 Å². The van der Waals surface area contributed by atoms with E-state index in [1.165, 1.54) is 12.3 Å². The molecular formula is C7H7F3N2O. The number of halogens is 3. The van der Waals surface area contributed by atoms with Crippen molar-refractivity contribution in [3.05, 3.63) is 24.0 Å². The molecule has 13 heavy (non-hydrogen) atoms. The number of carbonyl (C=O) groups is 1. The molecule has 1 atom stereocenters. The molecular weight excluding hydrogens is 185 g/mol. The van der Waals surface area contributed by atoms with E-state index < -0.39 is 18.0 Å². The topological polar surface area (TPSA) is 58.9 Å². The summed E-state index contributed by atoms with van der Waals surface area (Å²) >= 11 is 0.